The second kappa shape index (κ2) is 6.76. The van der Waals surface area contributed by atoms with Crippen LogP contribution in [0.1, 0.15) is 35.9 Å². The minimum absolute atomic E-state index is 0.174. The summed E-state index contributed by atoms with van der Waals surface area (Å²) in [5, 5.41) is 4.35. The Labute approximate surface area is 126 Å². The minimum Gasteiger partial charge on any atom is -0.487 e. The van der Waals surface area contributed by atoms with Crippen LogP contribution in [-0.2, 0) is 20.1 Å². The molecule has 1 unspecified atom stereocenters. The predicted molar refractivity (Wildman–Crippen MR) is 85.4 cm³/mol. The lowest BCUT2D eigenvalue weighted by Crippen LogP contribution is -2.22. The van der Waals surface area contributed by atoms with E-state index in [-0.39, 0.29) is 6.04 Å². The molecular weight excluding hydrogens is 262 g/mol. The van der Waals surface area contributed by atoms with E-state index in [2.05, 4.69) is 43.2 Å². The average Bonchev–Trinajstić information content (AvgIpc) is 2.76. The number of ether oxygens (including phenoxy) is 1. The molecule has 0 aliphatic heterocycles. The topological polar surface area (TPSA) is 53.1 Å². The van der Waals surface area contributed by atoms with Crippen molar-refractivity contribution in [3.63, 3.8) is 0 Å². The SMILES string of the molecule is CCC(N)Cc1cccc(C)c1OCc1cc(C)nn1C. The van der Waals surface area contributed by atoms with E-state index in [4.69, 9.17) is 10.5 Å². The molecule has 0 amide bonds. The van der Waals surface area contributed by atoms with Gasteiger partial charge in [0.25, 0.3) is 0 Å². The molecule has 1 aromatic heterocycles. The number of nitrogens with zero attached hydrogens (tertiary/aromatic N) is 2. The van der Waals surface area contributed by atoms with Gasteiger partial charge in [-0.25, -0.2) is 0 Å². The third kappa shape index (κ3) is 3.85. The van der Waals surface area contributed by atoms with Crippen LogP contribution in [-0.4, -0.2) is 15.8 Å². The average molecular weight is 287 g/mol. The second-order valence-corrected chi connectivity index (χ2v) is 5.62. The number of hydrogen-bond acceptors (Lipinski definition) is 3. The molecule has 0 saturated carbocycles. The van der Waals surface area contributed by atoms with Gasteiger partial charge in [-0.2, -0.15) is 5.10 Å². The molecular formula is C17H25N3O. The van der Waals surface area contributed by atoms with Crippen LogP contribution in [0.25, 0.3) is 0 Å². The van der Waals surface area contributed by atoms with Crippen LogP contribution in [0.3, 0.4) is 0 Å². The van der Waals surface area contributed by atoms with E-state index in [0.717, 1.165) is 35.5 Å². The van der Waals surface area contributed by atoms with Gasteiger partial charge in [0.2, 0.25) is 0 Å². The molecule has 114 valence electrons. The van der Waals surface area contributed by atoms with Gasteiger partial charge in [-0.1, -0.05) is 25.1 Å². The van der Waals surface area contributed by atoms with Gasteiger partial charge >= 0.3 is 0 Å². The third-order valence-corrected chi connectivity index (χ3v) is 3.76. The fourth-order valence-corrected chi connectivity index (χ4v) is 2.45. The first-order valence-electron chi connectivity index (χ1n) is 7.47. The van der Waals surface area contributed by atoms with Crippen molar-refractivity contribution < 1.29 is 4.74 Å². The molecule has 0 fully saturated rings. The summed E-state index contributed by atoms with van der Waals surface area (Å²) in [5.74, 6) is 0.959. The van der Waals surface area contributed by atoms with Crippen LogP contribution in [0.5, 0.6) is 5.75 Å². The first-order chi connectivity index (χ1) is 10.0. The number of nitrogens with two attached hydrogens (primary N) is 1. The van der Waals surface area contributed by atoms with Crippen LogP contribution < -0.4 is 10.5 Å². The first-order valence-corrected chi connectivity index (χ1v) is 7.47. The van der Waals surface area contributed by atoms with E-state index >= 15 is 0 Å². The molecule has 1 atom stereocenters. The molecule has 0 bridgehead atoms. The van der Waals surface area contributed by atoms with Crippen LogP contribution in [0.15, 0.2) is 24.3 Å². The smallest absolute Gasteiger partial charge is 0.130 e. The van der Waals surface area contributed by atoms with E-state index in [1.54, 1.807) is 0 Å². The first kappa shape index (κ1) is 15.6. The van der Waals surface area contributed by atoms with Gasteiger partial charge in [-0.15, -0.1) is 0 Å². The Morgan fingerprint density at radius 3 is 2.71 bits per heavy atom. The van der Waals surface area contributed by atoms with Gasteiger partial charge in [0.1, 0.15) is 12.4 Å². The molecule has 0 saturated heterocycles. The monoisotopic (exact) mass is 287 g/mol. The zero-order chi connectivity index (χ0) is 15.4. The third-order valence-electron chi connectivity index (χ3n) is 3.76. The van der Waals surface area contributed by atoms with E-state index in [0.29, 0.717) is 6.61 Å². The van der Waals surface area contributed by atoms with Crippen molar-refractivity contribution in [3.8, 4) is 5.75 Å². The van der Waals surface area contributed by atoms with Crippen molar-refractivity contribution in [2.24, 2.45) is 12.8 Å². The summed E-state index contributed by atoms with van der Waals surface area (Å²) in [6.45, 7) is 6.70. The maximum absolute atomic E-state index is 6.09. The Morgan fingerprint density at radius 2 is 2.10 bits per heavy atom. The number of hydrogen-bond donors (Lipinski definition) is 1. The maximum Gasteiger partial charge on any atom is 0.130 e. The van der Waals surface area contributed by atoms with Crippen molar-refractivity contribution in [2.45, 2.75) is 46.3 Å². The summed E-state index contributed by atoms with van der Waals surface area (Å²) in [7, 11) is 1.94. The zero-order valence-electron chi connectivity index (χ0n) is 13.4. The molecule has 0 spiro atoms. The number of aromatic nitrogens is 2. The molecule has 0 aliphatic rings. The van der Waals surface area contributed by atoms with E-state index < -0.39 is 0 Å². The molecule has 2 rings (SSSR count). The Hall–Kier alpha value is -1.81. The molecule has 2 N–H and O–H groups in total. The highest BCUT2D eigenvalue weighted by atomic mass is 16.5. The van der Waals surface area contributed by atoms with Crippen LogP contribution >= 0.6 is 0 Å². The Morgan fingerprint density at radius 1 is 1.33 bits per heavy atom. The van der Waals surface area contributed by atoms with Crippen molar-refractivity contribution in [3.05, 3.63) is 46.8 Å². The molecule has 0 radical (unpaired) electrons. The maximum atomic E-state index is 6.09. The molecule has 4 nitrogen and oxygen atoms in total. The van der Waals surface area contributed by atoms with Crippen molar-refractivity contribution >= 4 is 0 Å². The summed E-state index contributed by atoms with van der Waals surface area (Å²) in [4.78, 5) is 0. The number of para-hydroxylation sites is 1. The lowest BCUT2D eigenvalue weighted by molar-refractivity contribution is 0.289. The van der Waals surface area contributed by atoms with Gasteiger partial charge in [-0.05, 0) is 43.9 Å². The molecule has 1 aromatic carbocycles. The molecule has 2 aromatic rings. The van der Waals surface area contributed by atoms with Crippen LogP contribution in [0.2, 0.25) is 0 Å². The summed E-state index contributed by atoms with van der Waals surface area (Å²) in [6, 6.07) is 8.47. The van der Waals surface area contributed by atoms with E-state index in [9.17, 15) is 0 Å². The van der Waals surface area contributed by atoms with Crippen molar-refractivity contribution in [2.75, 3.05) is 0 Å². The highest BCUT2D eigenvalue weighted by molar-refractivity contribution is 5.41. The van der Waals surface area contributed by atoms with Gasteiger partial charge < -0.3 is 10.5 Å². The van der Waals surface area contributed by atoms with Crippen LogP contribution in [0, 0.1) is 13.8 Å². The Bertz CT molecular complexity index is 604. The summed E-state index contributed by atoms with van der Waals surface area (Å²) in [6.07, 6.45) is 1.81. The van der Waals surface area contributed by atoms with Gasteiger partial charge in [0.15, 0.2) is 0 Å². The fraction of sp³-hybridized carbons (Fsp3) is 0.471. The summed E-state index contributed by atoms with van der Waals surface area (Å²) in [5.41, 5.74) is 10.5. The number of rotatable bonds is 6. The van der Waals surface area contributed by atoms with Crippen LogP contribution in [0.4, 0.5) is 0 Å². The van der Waals surface area contributed by atoms with E-state index in [1.165, 1.54) is 5.56 Å². The molecule has 1 heterocycles. The lowest BCUT2D eigenvalue weighted by atomic mass is 10.0. The molecule has 21 heavy (non-hydrogen) atoms. The summed E-state index contributed by atoms with van der Waals surface area (Å²) < 4.78 is 7.94. The number of benzene rings is 1. The molecule has 4 heteroatoms. The standard InChI is InChI=1S/C17H25N3O/c1-5-15(18)10-14-8-6-7-12(2)17(14)21-11-16-9-13(3)19-20(16)4/h6-9,15H,5,10-11,18H2,1-4H3. The zero-order valence-corrected chi connectivity index (χ0v) is 13.4. The van der Waals surface area contributed by atoms with Gasteiger partial charge in [0, 0.05) is 13.1 Å². The quantitative estimate of drug-likeness (QED) is 0.889. The normalized spacial score (nSPS) is 12.4. The van der Waals surface area contributed by atoms with E-state index in [1.807, 2.05) is 18.7 Å². The lowest BCUT2D eigenvalue weighted by Gasteiger charge is -2.16. The predicted octanol–water partition coefficient (Wildman–Crippen LogP) is 2.90. The van der Waals surface area contributed by atoms with Crippen molar-refractivity contribution in [1.82, 2.24) is 9.78 Å². The number of aryl methyl sites for hydroxylation is 3. The summed E-state index contributed by atoms with van der Waals surface area (Å²) >= 11 is 0. The minimum atomic E-state index is 0.174. The van der Waals surface area contributed by atoms with Crippen molar-refractivity contribution in [1.29, 1.82) is 0 Å². The Balaban J connectivity index is 2.16. The highest BCUT2D eigenvalue weighted by Gasteiger charge is 2.11. The Kier molecular flexibility index (Phi) is 5.02. The van der Waals surface area contributed by atoms with Gasteiger partial charge in [-0.3, -0.25) is 4.68 Å². The second-order valence-electron chi connectivity index (χ2n) is 5.62. The highest BCUT2D eigenvalue weighted by Crippen LogP contribution is 2.26. The fourth-order valence-electron chi connectivity index (χ4n) is 2.45. The van der Waals surface area contributed by atoms with Gasteiger partial charge in [0.05, 0.1) is 11.4 Å². The largest absolute Gasteiger partial charge is 0.487 e. The molecule has 0 aliphatic carbocycles.